The van der Waals surface area contributed by atoms with Crippen molar-refractivity contribution in [1.29, 1.82) is 0 Å². The van der Waals surface area contributed by atoms with E-state index in [0.29, 0.717) is 12.2 Å². The van der Waals surface area contributed by atoms with Crippen LogP contribution in [0.1, 0.15) is 13.3 Å². The molecule has 2 rings (SSSR count). The molecule has 0 saturated carbocycles. The van der Waals surface area contributed by atoms with Gasteiger partial charge in [-0.3, -0.25) is 4.72 Å². The van der Waals surface area contributed by atoms with Gasteiger partial charge in [0.05, 0.1) is 16.6 Å². The number of aromatic nitrogens is 1. The predicted molar refractivity (Wildman–Crippen MR) is 78.1 cm³/mol. The normalized spacial score (nSPS) is 13.6. The maximum Gasteiger partial charge on any atom is 0.236 e. The molecular weight excluding hydrogens is 284 g/mol. The van der Waals surface area contributed by atoms with Crippen molar-refractivity contribution in [3.05, 3.63) is 24.3 Å². The lowest BCUT2D eigenvalue weighted by atomic mass is 10.3. The fourth-order valence-corrected chi connectivity index (χ4v) is 3.93. The van der Waals surface area contributed by atoms with Crippen LogP contribution >= 0.6 is 11.5 Å². The van der Waals surface area contributed by atoms with Crippen LogP contribution in [-0.4, -0.2) is 31.8 Å². The van der Waals surface area contributed by atoms with Gasteiger partial charge in [-0.25, -0.2) is 8.42 Å². The Bertz CT molecular complexity index is 648. The first-order valence-electron chi connectivity index (χ1n) is 5.93. The van der Waals surface area contributed by atoms with E-state index in [-0.39, 0.29) is 11.9 Å². The molecule has 1 aromatic carbocycles. The Hall–Kier alpha value is -1.18. The number of nitrogens with zero attached hydrogens (tertiary/aromatic N) is 1. The second-order valence-electron chi connectivity index (χ2n) is 4.18. The molecule has 0 amide bonds. The molecule has 1 N–H and O–H groups in total. The molecule has 0 aliphatic carbocycles. The van der Waals surface area contributed by atoms with Gasteiger partial charge in [0.25, 0.3) is 0 Å². The summed E-state index contributed by atoms with van der Waals surface area (Å²) in [6.07, 6.45) is 0.345. The molecule has 0 aliphatic rings. The number of hydrogen-bond acceptors (Lipinski definition) is 5. The summed E-state index contributed by atoms with van der Waals surface area (Å²) < 4.78 is 36.8. The Balaban J connectivity index is 2.20. The summed E-state index contributed by atoms with van der Waals surface area (Å²) in [5, 5.41) is 0.821. The fraction of sp³-hybridized carbons (Fsp3) is 0.417. The van der Waals surface area contributed by atoms with Crippen LogP contribution < -0.4 is 4.72 Å². The summed E-state index contributed by atoms with van der Waals surface area (Å²) in [6, 6.07) is 7.52. The summed E-state index contributed by atoms with van der Waals surface area (Å²) >= 11 is 1.28. The Labute approximate surface area is 116 Å². The van der Waals surface area contributed by atoms with Gasteiger partial charge in [-0.05, 0) is 30.1 Å². The van der Waals surface area contributed by atoms with E-state index in [1.54, 1.807) is 0 Å². The van der Waals surface area contributed by atoms with Crippen LogP contribution in [-0.2, 0) is 14.8 Å². The molecule has 1 unspecified atom stereocenters. The van der Waals surface area contributed by atoms with E-state index in [1.165, 1.54) is 18.6 Å². The average molecular weight is 300 g/mol. The number of benzene rings is 1. The Morgan fingerprint density at radius 2 is 2.16 bits per heavy atom. The molecule has 0 radical (unpaired) electrons. The topological polar surface area (TPSA) is 68.3 Å². The smallest absolute Gasteiger partial charge is 0.236 e. The van der Waals surface area contributed by atoms with Crippen LogP contribution in [0.5, 0.6) is 0 Å². The maximum atomic E-state index is 12.0. The van der Waals surface area contributed by atoms with E-state index in [9.17, 15) is 8.42 Å². The number of rotatable bonds is 6. The summed E-state index contributed by atoms with van der Waals surface area (Å²) in [5.74, 6) is 0.331. The van der Waals surface area contributed by atoms with Crippen LogP contribution in [0.3, 0.4) is 0 Å². The molecule has 1 atom stereocenters. The van der Waals surface area contributed by atoms with Crippen molar-refractivity contribution < 1.29 is 13.2 Å². The summed E-state index contributed by atoms with van der Waals surface area (Å²) in [6.45, 7) is 1.89. The van der Waals surface area contributed by atoms with E-state index in [2.05, 4.69) is 9.10 Å². The minimum absolute atomic E-state index is 0.0636. The molecule has 19 heavy (non-hydrogen) atoms. The van der Waals surface area contributed by atoms with Gasteiger partial charge in [0.1, 0.15) is 0 Å². The lowest BCUT2D eigenvalue weighted by Crippen LogP contribution is -2.27. The van der Waals surface area contributed by atoms with Gasteiger partial charge in [0, 0.05) is 12.5 Å². The monoisotopic (exact) mass is 300 g/mol. The molecule has 0 fully saturated rings. The number of ether oxygens (including phenoxy) is 1. The molecule has 1 aromatic heterocycles. The highest BCUT2D eigenvalue weighted by Gasteiger charge is 2.19. The number of methoxy groups -OCH3 is 1. The molecule has 0 bridgehead atoms. The Morgan fingerprint density at radius 3 is 2.84 bits per heavy atom. The lowest BCUT2D eigenvalue weighted by molar-refractivity contribution is 0.117. The third-order valence-corrected chi connectivity index (χ3v) is 4.97. The predicted octanol–water partition coefficient (Wildman–Crippen LogP) is 2.46. The molecule has 7 heteroatoms. The van der Waals surface area contributed by atoms with Crippen LogP contribution in [0.2, 0.25) is 0 Å². The zero-order valence-electron chi connectivity index (χ0n) is 10.8. The van der Waals surface area contributed by atoms with Crippen LogP contribution in [0.4, 0.5) is 5.82 Å². The van der Waals surface area contributed by atoms with Crippen molar-refractivity contribution in [3.63, 3.8) is 0 Å². The highest BCUT2D eigenvalue weighted by Crippen LogP contribution is 2.27. The summed E-state index contributed by atoms with van der Waals surface area (Å²) in [4.78, 5) is 0. The van der Waals surface area contributed by atoms with Gasteiger partial charge in [-0.15, -0.1) is 0 Å². The first kappa shape index (κ1) is 14.2. The molecule has 0 saturated heterocycles. The van der Waals surface area contributed by atoms with E-state index in [1.807, 2.05) is 31.2 Å². The van der Waals surface area contributed by atoms with Crippen LogP contribution in [0, 0.1) is 0 Å². The maximum absolute atomic E-state index is 12.0. The van der Waals surface area contributed by atoms with Gasteiger partial charge in [0.15, 0.2) is 5.82 Å². The molecule has 0 aliphatic heterocycles. The number of sulfonamides is 1. The van der Waals surface area contributed by atoms with Crippen LogP contribution in [0.15, 0.2) is 24.3 Å². The first-order chi connectivity index (χ1) is 9.05. The summed E-state index contributed by atoms with van der Waals surface area (Å²) in [7, 11) is -1.93. The minimum Gasteiger partial charge on any atom is -0.380 e. The standard InChI is InChI=1S/C12H16N2O3S2/c1-3-9(17-2)8-19(15,16)14-12-10-6-4-5-7-11(10)18-13-12/h4-7,9H,3,8H2,1-2H3,(H,13,14). The molecule has 0 spiro atoms. The molecular formula is C12H16N2O3S2. The van der Waals surface area contributed by atoms with E-state index in [4.69, 9.17) is 4.74 Å². The second kappa shape index (κ2) is 5.85. The average Bonchev–Trinajstić information content (AvgIpc) is 2.79. The number of hydrogen-bond donors (Lipinski definition) is 1. The van der Waals surface area contributed by atoms with Crippen molar-refractivity contribution in [3.8, 4) is 0 Å². The van der Waals surface area contributed by atoms with Gasteiger partial charge in [-0.1, -0.05) is 19.1 Å². The zero-order valence-corrected chi connectivity index (χ0v) is 12.4. The number of anilines is 1. The number of fused-ring (bicyclic) bond motifs is 1. The molecule has 104 valence electrons. The van der Waals surface area contributed by atoms with Crippen molar-refractivity contribution in [2.75, 3.05) is 17.6 Å². The first-order valence-corrected chi connectivity index (χ1v) is 8.36. The third-order valence-electron chi connectivity index (χ3n) is 2.82. The zero-order chi connectivity index (χ0) is 13.9. The van der Waals surface area contributed by atoms with Gasteiger partial charge < -0.3 is 4.74 Å². The van der Waals surface area contributed by atoms with Gasteiger partial charge in [-0.2, -0.15) is 4.37 Å². The largest absolute Gasteiger partial charge is 0.380 e. The summed E-state index contributed by atoms with van der Waals surface area (Å²) in [5.41, 5.74) is 0. The highest BCUT2D eigenvalue weighted by atomic mass is 32.2. The number of nitrogens with one attached hydrogen (secondary N) is 1. The third kappa shape index (κ3) is 3.43. The molecule has 5 nitrogen and oxygen atoms in total. The minimum atomic E-state index is -3.45. The second-order valence-corrected chi connectivity index (χ2v) is 6.75. The van der Waals surface area contributed by atoms with Crippen molar-refractivity contribution in [1.82, 2.24) is 4.37 Å². The molecule has 1 heterocycles. The van der Waals surface area contributed by atoms with E-state index in [0.717, 1.165) is 10.1 Å². The van der Waals surface area contributed by atoms with Crippen molar-refractivity contribution in [2.24, 2.45) is 0 Å². The van der Waals surface area contributed by atoms with Crippen molar-refractivity contribution in [2.45, 2.75) is 19.4 Å². The Morgan fingerprint density at radius 1 is 1.42 bits per heavy atom. The van der Waals surface area contributed by atoms with Crippen molar-refractivity contribution >= 4 is 37.5 Å². The highest BCUT2D eigenvalue weighted by molar-refractivity contribution is 7.92. The van der Waals surface area contributed by atoms with Gasteiger partial charge >= 0.3 is 0 Å². The van der Waals surface area contributed by atoms with Gasteiger partial charge in [0.2, 0.25) is 10.0 Å². The SMILES string of the molecule is CCC(CS(=O)(=O)Nc1nsc2ccccc12)OC. The lowest BCUT2D eigenvalue weighted by Gasteiger charge is -2.13. The Kier molecular flexibility index (Phi) is 4.38. The fourth-order valence-electron chi connectivity index (χ4n) is 1.75. The van der Waals surface area contributed by atoms with E-state index >= 15 is 0 Å². The van der Waals surface area contributed by atoms with E-state index < -0.39 is 10.0 Å². The quantitative estimate of drug-likeness (QED) is 0.890. The molecule has 2 aromatic rings. The van der Waals surface area contributed by atoms with Crippen LogP contribution in [0.25, 0.3) is 10.1 Å².